The molecule has 0 saturated carbocycles. The molecule has 1 amide bonds. The van der Waals surface area contributed by atoms with E-state index in [9.17, 15) is 18.0 Å². The van der Waals surface area contributed by atoms with Crippen molar-refractivity contribution in [3.8, 4) is 11.9 Å². The average Bonchev–Trinajstić information content (AvgIpc) is 3.20. The highest BCUT2D eigenvalue weighted by molar-refractivity contribution is 5.95. The van der Waals surface area contributed by atoms with Gasteiger partial charge in [-0.1, -0.05) is 25.5 Å². The molecule has 0 radical (unpaired) electrons. The summed E-state index contributed by atoms with van der Waals surface area (Å²) >= 11 is 0. The number of allylic oxidation sites excluding steroid dienone is 1. The number of hydrogen-bond donors (Lipinski definition) is 2. The van der Waals surface area contributed by atoms with E-state index in [1.807, 2.05) is 24.4 Å². The molecule has 224 valence electrons. The van der Waals surface area contributed by atoms with Crippen LogP contribution in [0.1, 0.15) is 68.4 Å². The second-order valence-electron chi connectivity index (χ2n) is 11.6. The number of aryl methyl sites for hydroxylation is 1. The number of ether oxygens (including phenoxy) is 2. The van der Waals surface area contributed by atoms with Gasteiger partial charge in [0.25, 0.3) is 0 Å². The number of aliphatic imine (C=N–C) groups is 1. The van der Waals surface area contributed by atoms with Crippen LogP contribution in [-0.4, -0.2) is 43.7 Å². The van der Waals surface area contributed by atoms with Crippen LogP contribution < -0.4 is 15.4 Å². The Morgan fingerprint density at radius 1 is 1.26 bits per heavy atom. The van der Waals surface area contributed by atoms with Gasteiger partial charge in [-0.25, -0.2) is 4.79 Å². The lowest BCUT2D eigenvalue weighted by Gasteiger charge is -2.36. The van der Waals surface area contributed by atoms with Crippen molar-refractivity contribution in [1.29, 1.82) is 5.26 Å². The second kappa shape index (κ2) is 12.0. The summed E-state index contributed by atoms with van der Waals surface area (Å²) in [7, 11) is 3.15. The van der Waals surface area contributed by atoms with Gasteiger partial charge in [-0.2, -0.15) is 18.4 Å². The van der Waals surface area contributed by atoms with Crippen LogP contribution in [0.4, 0.5) is 23.7 Å². The highest BCUT2D eigenvalue weighted by Gasteiger charge is 2.42. The van der Waals surface area contributed by atoms with E-state index in [0.717, 1.165) is 41.7 Å². The van der Waals surface area contributed by atoms with E-state index in [0.29, 0.717) is 29.0 Å². The van der Waals surface area contributed by atoms with Crippen LogP contribution in [0.2, 0.25) is 0 Å². The number of hydrogen-bond acceptors (Lipinski definition) is 5. The molecule has 8 nitrogen and oxygen atoms in total. The molecule has 2 aromatic rings. The van der Waals surface area contributed by atoms with Gasteiger partial charge in [0, 0.05) is 24.8 Å². The highest BCUT2D eigenvalue weighted by Crippen LogP contribution is 2.46. The van der Waals surface area contributed by atoms with Crippen molar-refractivity contribution < 1.29 is 27.4 Å². The second-order valence-corrected chi connectivity index (χ2v) is 11.6. The molecule has 0 spiro atoms. The summed E-state index contributed by atoms with van der Waals surface area (Å²) in [5, 5.41) is 14.6. The van der Waals surface area contributed by atoms with Gasteiger partial charge < -0.3 is 14.8 Å². The molecule has 1 aliphatic carbocycles. The number of nitrogens with zero attached hydrogens (tertiary/aromatic N) is 3. The van der Waals surface area contributed by atoms with Crippen LogP contribution in [0, 0.1) is 23.8 Å². The maximum atomic E-state index is 13.5. The van der Waals surface area contributed by atoms with Crippen molar-refractivity contribution in [1.82, 2.24) is 10.2 Å². The van der Waals surface area contributed by atoms with Crippen molar-refractivity contribution in [2.24, 2.45) is 10.4 Å². The van der Waals surface area contributed by atoms with Crippen LogP contribution in [-0.2, 0) is 10.9 Å². The number of nitrogens with one attached hydrogen (secondary N) is 2. The Balaban J connectivity index is 1.71. The lowest BCUT2D eigenvalue weighted by atomic mass is 9.72. The molecule has 2 atom stereocenters. The molecule has 0 aromatic heterocycles. The van der Waals surface area contributed by atoms with E-state index in [4.69, 9.17) is 14.7 Å². The quantitative estimate of drug-likeness (QED) is 0.164. The fourth-order valence-electron chi connectivity index (χ4n) is 5.75. The average molecular weight is 584 g/mol. The predicted octanol–water partition coefficient (Wildman–Crippen LogP) is 7.04. The van der Waals surface area contributed by atoms with Crippen molar-refractivity contribution >= 4 is 23.3 Å². The number of cyclic esters (lactones) is 1. The van der Waals surface area contributed by atoms with Crippen molar-refractivity contribution in [2.75, 3.05) is 26.0 Å². The van der Waals surface area contributed by atoms with Crippen LogP contribution in [0.15, 0.2) is 47.0 Å². The van der Waals surface area contributed by atoms with E-state index in [1.165, 1.54) is 0 Å². The molecule has 1 saturated heterocycles. The molecular formula is C31H36F3N5O3. The standard InChI is InChI=1S/C31H36F3N5O3/c1-18-11-20(13-22(12-18)31(32,33)34)27-19(2)39(29(40)42-27)16-21-15-30(3,4)10-9-24(21)25-14-23(7-8-26(25)41-6)38-28(36-5)37-17-35/h7-8,11-14,19,27H,9-10,15-16H2,1-6H3,(H2,36,37,38)/t19-,27-/m0/s1. The maximum absolute atomic E-state index is 13.5. The first-order valence-electron chi connectivity index (χ1n) is 13.7. The van der Waals surface area contributed by atoms with Gasteiger partial charge in [0.05, 0.1) is 18.7 Å². The molecule has 0 bridgehead atoms. The number of rotatable bonds is 6. The molecular weight excluding hydrogens is 547 g/mol. The molecule has 4 rings (SSSR count). The Morgan fingerprint density at radius 3 is 2.64 bits per heavy atom. The van der Waals surface area contributed by atoms with Crippen molar-refractivity contribution in [3.05, 3.63) is 64.2 Å². The number of alkyl halides is 3. The van der Waals surface area contributed by atoms with E-state index in [1.54, 1.807) is 39.0 Å². The molecule has 1 heterocycles. The number of carbonyl (C=O) groups excluding carboxylic acids is 1. The number of nitriles is 1. The minimum Gasteiger partial charge on any atom is -0.496 e. The number of amides is 1. The van der Waals surface area contributed by atoms with E-state index in [-0.39, 0.29) is 17.9 Å². The summed E-state index contributed by atoms with van der Waals surface area (Å²) in [5.74, 6) is 0.947. The third-order valence-electron chi connectivity index (χ3n) is 7.86. The molecule has 2 N–H and O–H groups in total. The fraction of sp³-hybridized carbons (Fsp3) is 0.452. The van der Waals surface area contributed by atoms with Crippen LogP contribution in [0.25, 0.3) is 5.57 Å². The van der Waals surface area contributed by atoms with Gasteiger partial charge in [-0.15, -0.1) is 0 Å². The topological polar surface area (TPSA) is 99.0 Å². The monoisotopic (exact) mass is 583 g/mol. The van der Waals surface area contributed by atoms with Gasteiger partial charge in [0.2, 0.25) is 5.96 Å². The molecule has 42 heavy (non-hydrogen) atoms. The Bertz CT molecular complexity index is 1460. The number of benzene rings is 2. The summed E-state index contributed by atoms with van der Waals surface area (Å²) in [6, 6.07) is 8.89. The van der Waals surface area contributed by atoms with Gasteiger partial charge >= 0.3 is 12.3 Å². The summed E-state index contributed by atoms with van der Waals surface area (Å²) in [6.07, 6.45) is -1.69. The molecule has 1 fully saturated rings. The molecule has 1 aliphatic heterocycles. The van der Waals surface area contributed by atoms with Gasteiger partial charge in [-0.3, -0.25) is 15.2 Å². The minimum absolute atomic E-state index is 0.0227. The fourth-order valence-corrected chi connectivity index (χ4v) is 5.75. The van der Waals surface area contributed by atoms with E-state index < -0.39 is 30.0 Å². The number of guanidine groups is 1. The largest absolute Gasteiger partial charge is 0.496 e. The zero-order valence-electron chi connectivity index (χ0n) is 24.6. The lowest BCUT2D eigenvalue weighted by molar-refractivity contribution is -0.137. The number of halogens is 3. The van der Waals surface area contributed by atoms with E-state index in [2.05, 4.69) is 29.5 Å². The lowest BCUT2D eigenvalue weighted by Crippen LogP contribution is -2.35. The minimum atomic E-state index is -4.50. The first-order valence-corrected chi connectivity index (χ1v) is 13.7. The van der Waals surface area contributed by atoms with Crippen molar-refractivity contribution in [2.45, 2.75) is 65.3 Å². The van der Waals surface area contributed by atoms with Gasteiger partial charge in [0.1, 0.15) is 11.9 Å². The first-order chi connectivity index (χ1) is 19.8. The maximum Gasteiger partial charge on any atom is 0.416 e. The molecule has 11 heteroatoms. The Morgan fingerprint density at radius 2 is 2.00 bits per heavy atom. The first kappa shape index (κ1) is 30.8. The zero-order chi connectivity index (χ0) is 30.8. The van der Waals surface area contributed by atoms with Crippen LogP contribution in [0.3, 0.4) is 0 Å². The van der Waals surface area contributed by atoms with Gasteiger partial charge in [-0.05, 0) is 85.6 Å². The number of carbonyl (C=O) groups is 1. The Kier molecular flexibility index (Phi) is 8.76. The zero-order valence-corrected chi connectivity index (χ0v) is 24.6. The summed E-state index contributed by atoms with van der Waals surface area (Å²) in [6.45, 7) is 8.03. The van der Waals surface area contributed by atoms with Crippen LogP contribution in [0.5, 0.6) is 5.75 Å². The highest BCUT2D eigenvalue weighted by atomic mass is 19.4. The predicted molar refractivity (Wildman–Crippen MR) is 155 cm³/mol. The number of anilines is 1. The van der Waals surface area contributed by atoms with E-state index >= 15 is 0 Å². The third-order valence-corrected chi connectivity index (χ3v) is 7.86. The van der Waals surface area contributed by atoms with Crippen molar-refractivity contribution in [3.63, 3.8) is 0 Å². The summed E-state index contributed by atoms with van der Waals surface area (Å²) < 4.78 is 52.0. The van der Waals surface area contributed by atoms with Crippen LogP contribution >= 0.6 is 0 Å². The third kappa shape index (κ3) is 6.64. The molecule has 2 aliphatic rings. The Hall–Kier alpha value is -4.20. The SMILES string of the molecule is CN=C(NC#N)Nc1ccc(OC)c(C2=C(CN3C(=O)O[C@H](c4cc(C)cc(C(F)(F)F)c4)[C@@H]3C)CC(C)(C)CC2)c1. The smallest absolute Gasteiger partial charge is 0.416 e. The Labute approximate surface area is 244 Å². The van der Waals surface area contributed by atoms with Gasteiger partial charge in [0.15, 0.2) is 6.19 Å². The molecule has 0 unspecified atom stereocenters. The summed E-state index contributed by atoms with van der Waals surface area (Å²) in [4.78, 5) is 18.8. The normalized spacial score (nSPS) is 20.7. The molecule has 2 aromatic carbocycles. The number of methoxy groups -OCH3 is 1. The summed E-state index contributed by atoms with van der Waals surface area (Å²) in [5.41, 5.74) is 3.60.